The standard InChI is InChI=1S/C7H5Cl3O/c1-11-6-3-4(8)2-5(9)7(6)10/h2-3H,1H3. The smallest absolute Gasteiger partial charge is 0.140 e. The summed E-state index contributed by atoms with van der Waals surface area (Å²) in [5.41, 5.74) is 0. The van der Waals surface area contributed by atoms with Crippen LogP contribution in [-0.2, 0) is 0 Å². The maximum Gasteiger partial charge on any atom is 0.140 e. The average molecular weight is 211 g/mol. The molecule has 0 aliphatic carbocycles. The Morgan fingerprint density at radius 1 is 1.18 bits per heavy atom. The zero-order valence-electron chi connectivity index (χ0n) is 5.70. The van der Waals surface area contributed by atoms with Gasteiger partial charge in [0.1, 0.15) is 10.8 Å². The number of benzene rings is 1. The summed E-state index contributed by atoms with van der Waals surface area (Å²) in [6.07, 6.45) is 0. The Bertz CT molecular complexity index is 273. The van der Waals surface area contributed by atoms with Gasteiger partial charge < -0.3 is 4.74 Å². The Labute approximate surface area is 79.8 Å². The third kappa shape index (κ3) is 1.92. The third-order valence-electron chi connectivity index (χ3n) is 1.18. The van der Waals surface area contributed by atoms with E-state index in [0.717, 1.165) is 0 Å². The minimum Gasteiger partial charge on any atom is -0.495 e. The fourth-order valence-electron chi connectivity index (χ4n) is 0.681. The van der Waals surface area contributed by atoms with Crippen LogP contribution in [0.1, 0.15) is 0 Å². The first-order valence-electron chi connectivity index (χ1n) is 2.83. The van der Waals surface area contributed by atoms with Crippen LogP contribution in [0.25, 0.3) is 0 Å². The Morgan fingerprint density at radius 3 is 2.36 bits per heavy atom. The normalized spacial score (nSPS) is 9.82. The van der Waals surface area contributed by atoms with E-state index in [9.17, 15) is 0 Å². The molecule has 0 fully saturated rings. The van der Waals surface area contributed by atoms with Gasteiger partial charge in [0.2, 0.25) is 0 Å². The van der Waals surface area contributed by atoms with E-state index in [1.807, 2.05) is 0 Å². The molecule has 0 aliphatic rings. The molecule has 0 unspecified atom stereocenters. The first-order chi connectivity index (χ1) is 5.15. The number of hydrogen-bond donors (Lipinski definition) is 0. The van der Waals surface area contributed by atoms with Crippen molar-refractivity contribution in [3.05, 3.63) is 27.2 Å². The molecule has 0 saturated heterocycles. The van der Waals surface area contributed by atoms with Gasteiger partial charge in [0, 0.05) is 11.1 Å². The van der Waals surface area contributed by atoms with E-state index in [4.69, 9.17) is 39.5 Å². The van der Waals surface area contributed by atoms with Crippen LogP contribution in [0.3, 0.4) is 0 Å². The summed E-state index contributed by atoms with van der Waals surface area (Å²) >= 11 is 17.1. The van der Waals surface area contributed by atoms with E-state index in [0.29, 0.717) is 20.8 Å². The molecule has 60 valence electrons. The topological polar surface area (TPSA) is 9.23 Å². The highest BCUT2D eigenvalue weighted by Gasteiger charge is 2.05. The second-order valence-electron chi connectivity index (χ2n) is 1.90. The van der Waals surface area contributed by atoms with E-state index in [2.05, 4.69) is 0 Å². The van der Waals surface area contributed by atoms with Crippen LogP contribution in [-0.4, -0.2) is 7.11 Å². The first kappa shape index (κ1) is 8.98. The quantitative estimate of drug-likeness (QED) is 0.644. The lowest BCUT2D eigenvalue weighted by Crippen LogP contribution is -1.84. The zero-order chi connectivity index (χ0) is 8.43. The van der Waals surface area contributed by atoms with Crippen molar-refractivity contribution in [2.45, 2.75) is 0 Å². The summed E-state index contributed by atoms with van der Waals surface area (Å²) < 4.78 is 4.91. The molecule has 0 N–H and O–H groups in total. The van der Waals surface area contributed by atoms with Crippen molar-refractivity contribution in [1.82, 2.24) is 0 Å². The highest BCUT2D eigenvalue weighted by atomic mass is 35.5. The predicted molar refractivity (Wildman–Crippen MR) is 48.0 cm³/mol. The van der Waals surface area contributed by atoms with E-state index in [1.165, 1.54) is 7.11 Å². The minimum atomic E-state index is 0.388. The molecule has 0 spiro atoms. The number of halogens is 3. The molecule has 0 atom stereocenters. The highest BCUT2D eigenvalue weighted by Crippen LogP contribution is 2.34. The van der Waals surface area contributed by atoms with Crippen LogP contribution in [0.2, 0.25) is 15.1 Å². The monoisotopic (exact) mass is 210 g/mol. The largest absolute Gasteiger partial charge is 0.495 e. The SMILES string of the molecule is COc1cc(Cl)cc(Cl)c1Cl. The van der Waals surface area contributed by atoms with Gasteiger partial charge in [-0.15, -0.1) is 0 Å². The number of rotatable bonds is 1. The lowest BCUT2D eigenvalue weighted by atomic mass is 10.3. The Hall–Kier alpha value is -0.110. The van der Waals surface area contributed by atoms with Gasteiger partial charge in [0.05, 0.1) is 12.1 Å². The van der Waals surface area contributed by atoms with Crippen molar-refractivity contribution < 1.29 is 4.74 Å². The van der Waals surface area contributed by atoms with Gasteiger partial charge in [-0.25, -0.2) is 0 Å². The van der Waals surface area contributed by atoms with Gasteiger partial charge in [0.15, 0.2) is 0 Å². The fraction of sp³-hybridized carbons (Fsp3) is 0.143. The number of hydrogen-bond acceptors (Lipinski definition) is 1. The molecule has 0 bridgehead atoms. The van der Waals surface area contributed by atoms with E-state index in [-0.39, 0.29) is 0 Å². The highest BCUT2D eigenvalue weighted by molar-refractivity contribution is 6.44. The van der Waals surface area contributed by atoms with Crippen LogP contribution in [0.5, 0.6) is 5.75 Å². The average Bonchev–Trinajstić information content (AvgIpc) is 1.96. The molecule has 0 amide bonds. The molecule has 1 aromatic rings. The van der Waals surface area contributed by atoms with Crippen LogP contribution in [0.4, 0.5) is 0 Å². The molecule has 0 heterocycles. The molecule has 1 aromatic carbocycles. The molecule has 0 saturated carbocycles. The fourth-order valence-corrected chi connectivity index (χ4v) is 1.34. The van der Waals surface area contributed by atoms with Crippen molar-refractivity contribution in [1.29, 1.82) is 0 Å². The van der Waals surface area contributed by atoms with Gasteiger partial charge in [0.25, 0.3) is 0 Å². The molecule has 0 aromatic heterocycles. The number of methoxy groups -OCH3 is 1. The van der Waals surface area contributed by atoms with Gasteiger partial charge in [-0.1, -0.05) is 34.8 Å². The van der Waals surface area contributed by atoms with Gasteiger partial charge >= 0.3 is 0 Å². The van der Waals surface area contributed by atoms with Gasteiger partial charge in [-0.3, -0.25) is 0 Å². The third-order valence-corrected chi connectivity index (χ3v) is 2.18. The Morgan fingerprint density at radius 2 is 1.82 bits per heavy atom. The van der Waals surface area contributed by atoms with Gasteiger partial charge in [-0.2, -0.15) is 0 Å². The van der Waals surface area contributed by atoms with Crippen molar-refractivity contribution >= 4 is 34.8 Å². The summed E-state index contributed by atoms with van der Waals surface area (Å²) in [5, 5.41) is 1.30. The molecule has 11 heavy (non-hydrogen) atoms. The zero-order valence-corrected chi connectivity index (χ0v) is 7.96. The summed E-state index contributed by atoms with van der Waals surface area (Å²) in [6.45, 7) is 0. The lowest BCUT2D eigenvalue weighted by molar-refractivity contribution is 0.415. The van der Waals surface area contributed by atoms with Gasteiger partial charge in [-0.05, 0) is 6.07 Å². The predicted octanol–water partition coefficient (Wildman–Crippen LogP) is 3.66. The van der Waals surface area contributed by atoms with E-state index >= 15 is 0 Å². The molecular formula is C7H5Cl3O. The molecule has 4 heteroatoms. The molecular weight excluding hydrogens is 206 g/mol. The minimum absolute atomic E-state index is 0.388. The first-order valence-corrected chi connectivity index (χ1v) is 3.97. The summed E-state index contributed by atoms with van der Waals surface area (Å²) in [5.74, 6) is 0.490. The van der Waals surface area contributed by atoms with E-state index in [1.54, 1.807) is 12.1 Å². The number of ether oxygens (including phenoxy) is 1. The maximum atomic E-state index is 5.75. The lowest BCUT2D eigenvalue weighted by Gasteiger charge is -2.03. The Kier molecular flexibility index (Phi) is 2.88. The second-order valence-corrected chi connectivity index (χ2v) is 3.13. The second kappa shape index (κ2) is 3.53. The Balaban J connectivity index is 3.24. The molecule has 0 aliphatic heterocycles. The van der Waals surface area contributed by atoms with Crippen LogP contribution in [0, 0.1) is 0 Å². The van der Waals surface area contributed by atoms with Crippen LogP contribution >= 0.6 is 34.8 Å². The summed E-state index contributed by atoms with van der Waals surface area (Å²) in [6, 6.07) is 3.17. The maximum absolute atomic E-state index is 5.75. The van der Waals surface area contributed by atoms with Crippen LogP contribution < -0.4 is 4.74 Å². The van der Waals surface area contributed by atoms with Crippen molar-refractivity contribution in [2.75, 3.05) is 7.11 Å². The van der Waals surface area contributed by atoms with E-state index < -0.39 is 0 Å². The summed E-state index contributed by atoms with van der Waals surface area (Å²) in [4.78, 5) is 0. The molecule has 1 rings (SSSR count). The molecule has 1 nitrogen and oxygen atoms in total. The van der Waals surface area contributed by atoms with Crippen molar-refractivity contribution in [2.24, 2.45) is 0 Å². The van der Waals surface area contributed by atoms with Crippen LogP contribution in [0.15, 0.2) is 12.1 Å². The summed E-state index contributed by atoms with van der Waals surface area (Å²) in [7, 11) is 1.51. The van der Waals surface area contributed by atoms with Crippen molar-refractivity contribution in [3.8, 4) is 5.75 Å². The molecule has 0 radical (unpaired) electrons. The van der Waals surface area contributed by atoms with Crippen molar-refractivity contribution in [3.63, 3.8) is 0 Å².